The number of carbonyl (C=O) groups is 2. The molecule has 0 saturated heterocycles. The van der Waals surface area contributed by atoms with E-state index in [1.54, 1.807) is 12.1 Å². The van der Waals surface area contributed by atoms with Gasteiger partial charge in [0.25, 0.3) is 0 Å². The monoisotopic (exact) mass is 562 g/mol. The van der Waals surface area contributed by atoms with Gasteiger partial charge < -0.3 is 24.6 Å². The highest BCUT2D eigenvalue weighted by atomic mass is 16.6. The third-order valence-electron chi connectivity index (χ3n) is 6.54. The molecule has 1 amide bonds. The first-order chi connectivity index (χ1) is 19.2. The van der Waals surface area contributed by atoms with Gasteiger partial charge in [-0.2, -0.15) is 0 Å². The van der Waals surface area contributed by atoms with Crippen LogP contribution in [0.2, 0.25) is 0 Å². The van der Waals surface area contributed by atoms with Crippen molar-refractivity contribution in [1.29, 1.82) is 0 Å². The summed E-state index contributed by atoms with van der Waals surface area (Å²) >= 11 is 0. The summed E-state index contributed by atoms with van der Waals surface area (Å²) in [5.74, 6) is -0.0840. The van der Waals surface area contributed by atoms with Gasteiger partial charge in [-0.25, -0.2) is 9.59 Å². The SMILES string of the molecule is COc1ccc(C(=O)O)c(OCc2c(C)nc(CC(C)C)c(CNC(=O)OC(C)(C)C)c2-c2ccc(C)cc2C)c1. The van der Waals surface area contributed by atoms with Gasteiger partial charge in [-0.3, -0.25) is 4.98 Å². The van der Waals surface area contributed by atoms with Crippen LogP contribution in [0.1, 0.15) is 78.6 Å². The van der Waals surface area contributed by atoms with Gasteiger partial charge >= 0.3 is 12.1 Å². The number of aromatic nitrogens is 1. The van der Waals surface area contributed by atoms with Crippen LogP contribution in [0.5, 0.6) is 11.5 Å². The van der Waals surface area contributed by atoms with Crippen LogP contribution >= 0.6 is 0 Å². The Morgan fingerprint density at radius 1 is 1.02 bits per heavy atom. The Morgan fingerprint density at radius 2 is 1.73 bits per heavy atom. The number of aromatic carboxylic acids is 1. The minimum atomic E-state index is -1.10. The number of rotatable bonds is 10. The molecular weight excluding hydrogens is 520 g/mol. The molecule has 0 saturated carbocycles. The van der Waals surface area contributed by atoms with Gasteiger partial charge in [0.15, 0.2) is 0 Å². The summed E-state index contributed by atoms with van der Waals surface area (Å²) < 4.78 is 17.0. The van der Waals surface area contributed by atoms with Gasteiger partial charge in [0.1, 0.15) is 29.3 Å². The van der Waals surface area contributed by atoms with Crippen LogP contribution in [0.4, 0.5) is 4.79 Å². The summed E-state index contributed by atoms with van der Waals surface area (Å²) in [6.07, 6.45) is 0.199. The molecule has 1 aromatic heterocycles. The number of carbonyl (C=O) groups excluding carboxylic acids is 1. The standard InChI is InChI=1S/C33H42N2O6/c1-19(2)14-28-26(17-34-32(38)41-33(6,7)8)30(24-12-10-20(3)15-21(24)4)27(22(5)35-28)18-40-29-16-23(39-9)11-13-25(29)31(36)37/h10-13,15-16,19H,14,17-18H2,1-9H3,(H,34,38)(H,36,37). The second-order valence-corrected chi connectivity index (χ2v) is 11.7. The molecule has 0 spiro atoms. The van der Waals surface area contributed by atoms with E-state index < -0.39 is 17.7 Å². The van der Waals surface area contributed by atoms with Crippen LogP contribution in [-0.2, 0) is 24.3 Å². The van der Waals surface area contributed by atoms with Crippen molar-refractivity contribution in [2.24, 2.45) is 5.92 Å². The second kappa shape index (κ2) is 13.1. The Balaban J connectivity index is 2.20. The molecular formula is C33H42N2O6. The van der Waals surface area contributed by atoms with E-state index in [9.17, 15) is 14.7 Å². The molecule has 3 aromatic rings. The van der Waals surface area contributed by atoms with Gasteiger partial charge in [0, 0.05) is 35.1 Å². The van der Waals surface area contributed by atoms with E-state index in [2.05, 4.69) is 44.3 Å². The molecule has 3 rings (SSSR count). The number of carboxylic acids is 1. The van der Waals surface area contributed by atoms with Crippen LogP contribution in [-0.4, -0.2) is 34.9 Å². The lowest BCUT2D eigenvalue weighted by Crippen LogP contribution is -2.32. The zero-order valence-corrected chi connectivity index (χ0v) is 25.6. The highest BCUT2D eigenvalue weighted by Crippen LogP contribution is 2.36. The van der Waals surface area contributed by atoms with E-state index in [1.165, 1.54) is 13.2 Å². The molecule has 8 heteroatoms. The van der Waals surface area contributed by atoms with Gasteiger partial charge in [-0.1, -0.05) is 37.6 Å². The van der Waals surface area contributed by atoms with Crippen molar-refractivity contribution in [2.45, 2.75) is 80.6 Å². The number of methoxy groups -OCH3 is 1. The number of nitrogens with zero attached hydrogens (tertiary/aromatic N) is 1. The van der Waals surface area contributed by atoms with E-state index in [1.807, 2.05) is 34.6 Å². The number of alkyl carbamates (subject to hydrolysis) is 1. The first kappa shape index (κ1) is 31.5. The smallest absolute Gasteiger partial charge is 0.407 e. The van der Waals surface area contributed by atoms with E-state index in [0.717, 1.165) is 44.8 Å². The Morgan fingerprint density at radius 3 is 2.32 bits per heavy atom. The van der Waals surface area contributed by atoms with Crippen molar-refractivity contribution < 1.29 is 28.9 Å². The maximum absolute atomic E-state index is 12.7. The normalized spacial score (nSPS) is 11.4. The fourth-order valence-corrected chi connectivity index (χ4v) is 4.74. The summed E-state index contributed by atoms with van der Waals surface area (Å²) in [6, 6.07) is 10.9. The van der Waals surface area contributed by atoms with E-state index >= 15 is 0 Å². The van der Waals surface area contributed by atoms with E-state index in [-0.39, 0.29) is 24.5 Å². The molecule has 0 atom stereocenters. The summed E-state index contributed by atoms with van der Waals surface area (Å²) in [5.41, 5.74) is 6.87. The maximum atomic E-state index is 12.7. The number of amides is 1. The summed E-state index contributed by atoms with van der Waals surface area (Å²) in [7, 11) is 1.52. The van der Waals surface area contributed by atoms with Gasteiger partial charge in [-0.05, 0) is 82.7 Å². The van der Waals surface area contributed by atoms with Crippen molar-refractivity contribution in [1.82, 2.24) is 10.3 Å². The molecule has 0 aliphatic rings. The highest BCUT2D eigenvalue weighted by molar-refractivity contribution is 5.91. The average Bonchev–Trinajstić information content (AvgIpc) is 2.85. The van der Waals surface area contributed by atoms with Crippen molar-refractivity contribution in [3.05, 3.63) is 75.6 Å². The van der Waals surface area contributed by atoms with Crippen molar-refractivity contribution in [3.8, 4) is 22.6 Å². The Labute approximate surface area is 243 Å². The molecule has 2 aromatic carbocycles. The lowest BCUT2D eigenvalue weighted by atomic mass is 9.88. The number of pyridine rings is 1. The molecule has 0 bridgehead atoms. The second-order valence-electron chi connectivity index (χ2n) is 11.7. The van der Waals surface area contributed by atoms with Gasteiger partial charge in [0.05, 0.1) is 7.11 Å². The lowest BCUT2D eigenvalue weighted by Gasteiger charge is -2.24. The Kier molecular flexibility index (Phi) is 10.0. The van der Waals surface area contributed by atoms with Gasteiger partial charge in [0.2, 0.25) is 0 Å². The minimum absolute atomic E-state index is 0.0349. The fourth-order valence-electron chi connectivity index (χ4n) is 4.74. The number of hydrogen-bond donors (Lipinski definition) is 2. The molecule has 0 fully saturated rings. The number of nitrogens with one attached hydrogen (secondary N) is 1. The third-order valence-corrected chi connectivity index (χ3v) is 6.54. The first-order valence-corrected chi connectivity index (χ1v) is 13.8. The molecule has 0 aliphatic heterocycles. The number of benzene rings is 2. The molecule has 220 valence electrons. The van der Waals surface area contributed by atoms with E-state index in [0.29, 0.717) is 18.1 Å². The molecule has 2 N–H and O–H groups in total. The van der Waals surface area contributed by atoms with Crippen LogP contribution < -0.4 is 14.8 Å². The topological polar surface area (TPSA) is 107 Å². The molecule has 0 unspecified atom stereocenters. The molecule has 8 nitrogen and oxygen atoms in total. The molecule has 0 radical (unpaired) electrons. The van der Waals surface area contributed by atoms with Crippen molar-refractivity contribution >= 4 is 12.1 Å². The number of ether oxygens (including phenoxy) is 3. The zero-order valence-electron chi connectivity index (χ0n) is 25.6. The number of carboxylic acid groups (broad SMARTS) is 1. The predicted octanol–water partition coefficient (Wildman–Crippen LogP) is 7.18. The van der Waals surface area contributed by atoms with Crippen LogP contribution in [0.15, 0.2) is 36.4 Å². The molecule has 41 heavy (non-hydrogen) atoms. The zero-order chi connectivity index (χ0) is 30.5. The van der Waals surface area contributed by atoms with Crippen molar-refractivity contribution in [2.75, 3.05) is 7.11 Å². The highest BCUT2D eigenvalue weighted by Gasteiger charge is 2.24. The minimum Gasteiger partial charge on any atom is -0.497 e. The average molecular weight is 563 g/mol. The Bertz CT molecular complexity index is 1420. The summed E-state index contributed by atoms with van der Waals surface area (Å²) in [5, 5.41) is 12.7. The van der Waals surface area contributed by atoms with E-state index in [4.69, 9.17) is 19.2 Å². The fraction of sp³-hybridized carbons (Fsp3) is 0.424. The summed E-state index contributed by atoms with van der Waals surface area (Å²) in [6.45, 7) is 16.0. The van der Waals surface area contributed by atoms with Crippen LogP contribution in [0.3, 0.4) is 0 Å². The van der Waals surface area contributed by atoms with Crippen LogP contribution in [0, 0.1) is 26.7 Å². The predicted molar refractivity (Wildman–Crippen MR) is 160 cm³/mol. The largest absolute Gasteiger partial charge is 0.497 e. The third kappa shape index (κ3) is 8.22. The maximum Gasteiger partial charge on any atom is 0.407 e. The van der Waals surface area contributed by atoms with Crippen molar-refractivity contribution in [3.63, 3.8) is 0 Å². The Hall–Kier alpha value is -4.07. The quantitative estimate of drug-likeness (QED) is 0.269. The molecule has 0 aliphatic carbocycles. The summed E-state index contributed by atoms with van der Waals surface area (Å²) in [4.78, 5) is 29.6. The number of hydrogen-bond acceptors (Lipinski definition) is 6. The van der Waals surface area contributed by atoms with Gasteiger partial charge in [-0.15, -0.1) is 0 Å². The van der Waals surface area contributed by atoms with Crippen LogP contribution in [0.25, 0.3) is 11.1 Å². The molecule has 1 heterocycles. The first-order valence-electron chi connectivity index (χ1n) is 13.8. The lowest BCUT2D eigenvalue weighted by molar-refractivity contribution is 0.0523. The number of aryl methyl sites for hydroxylation is 3.